The zero-order valence-corrected chi connectivity index (χ0v) is 11.7. The molecule has 3 nitrogen and oxygen atoms in total. The van der Waals surface area contributed by atoms with Crippen LogP contribution in [0.2, 0.25) is 0 Å². The maximum atomic E-state index is 12.1. The van der Waals surface area contributed by atoms with Crippen LogP contribution in [-0.4, -0.2) is 36.1 Å². The molecule has 0 aromatic carbocycles. The lowest BCUT2D eigenvalue weighted by Crippen LogP contribution is -2.27. The van der Waals surface area contributed by atoms with E-state index in [4.69, 9.17) is 5.11 Å². The fourth-order valence-corrected chi connectivity index (χ4v) is 2.31. The van der Waals surface area contributed by atoms with Gasteiger partial charge >= 0.3 is 0 Å². The normalized spacial score (nSPS) is 9.72. The second kappa shape index (κ2) is 7.91. The molecule has 0 saturated carbocycles. The molecule has 1 N–H and O–H groups in total. The summed E-state index contributed by atoms with van der Waals surface area (Å²) in [4.78, 5) is 14.6. The Kier molecular flexibility index (Phi) is 6.48. The van der Waals surface area contributed by atoms with E-state index in [0.717, 1.165) is 30.7 Å². The maximum absolute atomic E-state index is 12.1. The monoisotopic (exact) mass is 265 g/mol. The molecule has 0 bridgehead atoms. The Morgan fingerprint density at radius 3 is 2.94 bits per heavy atom. The van der Waals surface area contributed by atoms with E-state index in [1.165, 1.54) is 11.3 Å². The Morgan fingerprint density at radius 1 is 1.50 bits per heavy atom. The molecule has 0 atom stereocenters. The predicted molar refractivity (Wildman–Crippen MR) is 74.8 cm³/mol. The number of amides is 1. The average Bonchev–Trinajstić information content (AvgIpc) is 2.84. The second-order valence-corrected chi connectivity index (χ2v) is 5.00. The van der Waals surface area contributed by atoms with Crippen LogP contribution in [0.4, 0.5) is 0 Å². The molecule has 0 saturated heterocycles. The Labute approximate surface area is 112 Å². The van der Waals surface area contributed by atoms with Gasteiger partial charge in [-0.1, -0.05) is 31.6 Å². The van der Waals surface area contributed by atoms with E-state index in [-0.39, 0.29) is 12.5 Å². The number of hydrogen-bond acceptors (Lipinski definition) is 3. The van der Waals surface area contributed by atoms with Gasteiger partial charge in [-0.3, -0.25) is 4.79 Å². The van der Waals surface area contributed by atoms with Crippen LogP contribution in [0.15, 0.2) is 11.4 Å². The van der Waals surface area contributed by atoms with Gasteiger partial charge in [0.2, 0.25) is 0 Å². The average molecular weight is 265 g/mol. The van der Waals surface area contributed by atoms with Crippen LogP contribution in [0.5, 0.6) is 0 Å². The molecular weight excluding hydrogens is 246 g/mol. The lowest BCUT2D eigenvalue weighted by atomic mass is 10.2. The highest BCUT2D eigenvalue weighted by Crippen LogP contribution is 2.15. The van der Waals surface area contributed by atoms with E-state index in [1.807, 2.05) is 12.4 Å². The summed E-state index contributed by atoms with van der Waals surface area (Å²) in [5, 5.41) is 10.4. The van der Waals surface area contributed by atoms with Crippen molar-refractivity contribution in [2.45, 2.75) is 26.2 Å². The van der Waals surface area contributed by atoms with Gasteiger partial charge in [0.25, 0.3) is 5.91 Å². The van der Waals surface area contributed by atoms with Crippen LogP contribution in [0.25, 0.3) is 0 Å². The van der Waals surface area contributed by atoms with Gasteiger partial charge in [-0.05, 0) is 12.5 Å². The summed E-state index contributed by atoms with van der Waals surface area (Å²) in [7, 11) is 1.83. The van der Waals surface area contributed by atoms with Crippen LogP contribution in [0, 0.1) is 11.8 Å². The molecule has 0 aliphatic carbocycles. The number of aliphatic hydroxyl groups excluding tert-OH is 1. The van der Waals surface area contributed by atoms with Crippen molar-refractivity contribution in [2.24, 2.45) is 0 Å². The number of thiophene rings is 1. The molecule has 4 heteroatoms. The summed E-state index contributed by atoms with van der Waals surface area (Å²) < 4.78 is 0. The third kappa shape index (κ3) is 4.52. The van der Waals surface area contributed by atoms with Crippen molar-refractivity contribution in [3.05, 3.63) is 21.9 Å². The number of carbonyl (C=O) groups excluding carboxylic acids is 1. The fourth-order valence-electron chi connectivity index (χ4n) is 1.56. The van der Waals surface area contributed by atoms with Crippen molar-refractivity contribution < 1.29 is 9.90 Å². The highest BCUT2D eigenvalue weighted by Gasteiger charge is 2.12. The van der Waals surface area contributed by atoms with E-state index in [0.29, 0.717) is 5.56 Å². The van der Waals surface area contributed by atoms with Gasteiger partial charge in [-0.25, -0.2) is 0 Å². The highest BCUT2D eigenvalue weighted by molar-refractivity contribution is 7.10. The first-order valence-electron chi connectivity index (χ1n) is 6.12. The van der Waals surface area contributed by atoms with Gasteiger partial charge < -0.3 is 10.0 Å². The van der Waals surface area contributed by atoms with E-state index in [1.54, 1.807) is 11.0 Å². The molecule has 0 fully saturated rings. The van der Waals surface area contributed by atoms with Crippen molar-refractivity contribution in [1.82, 2.24) is 4.90 Å². The lowest BCUT2D eigenvalue weighted by Gasteiger charge is -2.15. The topological polar surface area (TPSA) is 40.5 Å². The van der Waals surface area contributed by atoms with Crippen LogP contribution < -0.4 is 0 Å². The molecule has 1 aromatic rings. The third-order valence-corrected chi connectivity index (χ3v) is 3.43. The Morgan fingerprint density at radius 2 is 2.28 bits per heavy atom. The SMILES string of the molecule is CCCCCN(C)C(=O)c1csc(C#CCO)c1. The molecule has 1 amide bonds. The number of carbonyl (C=O) groups is 1. The van der Waals surface area contributed by atoms with Crippen LogP contribution in [0.1, 0.15) is 41.4 Å². The van der Waals surface area contributed by atoms with E-state index >= 15 is 0 Å². The molecule has 18 heavy (non-hydrogen) atoms. The summed E-state index contributed by atoms with van der Waals surface area (Å²) in [6.07, 6.45) is 3.34. The number of rotatable bonds is 5. The van der Waals surface area contributed by atoms with Gasteiger partial charge in [-0.2, -0.15) is 0 Å². The van der Waals surface area contributed by atoms with Crippen molar-refractivity contribution in [3.8, 4) is 11.8 Å². The number of aliphatic hydroxyl groups is 1. The van der Waals surface area contributed by atoms with Crippen molar-refractivity contribution >= 4 is 17.2 Å². The van der Waals surface area contributed by atoms with Gasteiger partial charge in [0.05, 0.1) is 10.4 Å². The molecule has 1 rings (SSSR count). The number of nitrogens with zero attached hydrogens (tertiary/aromatic N) is 1. The molecule has 98 valence electrons. The Balaban J connectivity index is 2.57. The summed E-state index contributed by atoms with van der Waals surface area (Å²) >= 11 is 1.43. The second-order valence-electron chi connectivity index (χ2n) is 4.09. The maximum Gasteiger partial charge on any atom is 0.254 e. The van der Waals surface area contributed by atoms with E-state index < -0.39 is 0 Å². The standard InChI is InChI=1S/C14H19NO2S/c1-3-4-5-8-15(2)14(17)12-10-13(18-11-12)7-6-9-16/h10-11,16H,3-5,8-9H2,1-2H3. The van der Waals surface area contributed by atoms with Gasteiger partial charge in [0.1, 0.15) is 6.61 Å². The molecule has 0 aliphatic rings. The summed E-state index contributed by atoms with van der Waals surface area (Å²) in [6, 6.07) is 1.78. The molecular formula is C14H19NO2S. The fraction of sp³-hybridized carbons (Fsp3) is 0.500. The minimum atomic E-state index is -0.155. The molecule has 0 aliphatic heterocycles. The van der Waals surface area contributed by atoms with Crippen LogP contribution in [0.3, 0.4) is 0 Å². The van der Waals surface area contributed by atoms with E-state index in [2.05, 4.69) is 18.8 Å². The first-order chi connectivity index (χ1) is 8.69. The number of unbranched alkanes of at least 4 members (excludes halogenated alkanes) is 2. The molecule has 1 heterocycles. The molecule has 0 spiro atoms. The first-order valence-corrected chi connectivity index (χ1v) is 7.00. The highest BCUT2D eigenvalue weighted by atomic mass is 32.1. The Hall–Kier alpha value is -1.31. The largest absolute Gasteiger partial charge is 0.384 e. The number of hydrogen-bond donors (Lipinski definition) is 1. The van der Waals surface area contributed by atoms with Crippen LogP contribution in [-0.2, 0) is 0 Å². The quantitative estimate of drug-likeness (QED) is 0.656. The van der Waals surface area contributed by atoms with Crippen LogP contribution >= 0.6 is 11.3 Å². The smallest absolute Gasteiger partial charge is 0.254 e. The van der Waals surface area contributed by atoms with Gasteiger partial charge in [-0.15, -0.1) is 11.3 Å². The molecule has 0 unspecified atom stereocenters. The first kappa shape index (κ1) is 14.7. The van der Waals surface area contributed by atoms with E-state index in [9.17, 15) is 4.79 Å². The predicted octanol–water partition coefficient (Wildman–Crippen LogP) is 2.35. The van der Waals surface area contributed by atoms with Gasteiger partial charge in [0, 0.05) is 19.0 Å². The Bertz CT molecular complexity index is 442. The van der Waals surface area contributed by atoms with Gasteiger partial charge in [0.15, 0.2) is 0 Å². The third-order valence-electron chi connectivity index (χ3n) is 2.58. The zero-order chi connectivity index (χ0) is 13.4. The van der Waals surface area contributed by atoms with Crippen molar-refractivity contribution in [2.75, 3.05) is 20.2 Å². The van der Waals surface area contributed by atoms with Crippen molar-refractivity contribution in [1.29, 1.82) is 0 Å². The minimum Gasteiger partial charge on any atom is -0.384 e. The minimum absolute atomic E-state index is 0.0411. The molecule has 1 aromatic heterocycles. The summed E-state index contributed by atoms with van der Waals surface area (Å²) in [5.41, 5.74) is 0.682. The molecule has 0 radical (unpaired) electrons. The lowest BCUT2D eigenvalue weighted by molar-refractivity contribution is 0.0793. The zero-order valence-electron chi connectivity index (χ0n) is 10.9. The summed E-state index contributed by atoms with van der Waals surface area (Å²) in [5.74, 6) is 5.43. The van der Waals surface area contributed by atoms with Crippen molar-refractivity contribution in [3.63, 3.8) is 0 Å². The summed E-state index contributed by atoms with van der Waals surface area (Å²) in [6.45, 7) is 2.78.